The Morgan fingerprint density at radius 1 is 0.861 bits per heavy atom. The number of anilines is 3. The fourth-order valence-corrected chi connectivity index (χ4v) is 5.38. The summed E-state index contributed by atoms with van der Waals surface area (Å²) < 4.78 is 13.4. The highest BCUT2D eigenvalue weighted by Crippen LogP contribution is 2.38. The number of thioether (sulfide) groups is 1. The normalized spacial score (nSPS) is 16.1. The minimum absolute atomic E-state index is 0.00917. The van der Waals surface area contributed by atoms with Crippen LogP contribution in [0.3, 0.4) is 0 Å². The van der Waals surface area contributed by atoms with Crippen molar-refractivity contribution in [2.75, 3.05) is 15.5 Å². The molecule has 1 fully saturated rings. The number of benzene rings is 3. The first-order valence-corrected chi connectivity index (χ1v) is 12.6. The van der Waals surface area contributed by atoms with Crippen LogP contribution in [0.5, 0.6) is 0 Å². The van der Waals surface area contributed by atoms with E-state index in [-0.39, 0.29) is 22.4 Å². The molecule has 182 valence electrons. The van der Waals surface area contributed by atoms with Crippen molar-refractivity contribution in [3.8, 4) is 0 Å². The fourth-order valence-electron chi connectivity index (χ4n) is 4.39. The maximum absolute atomic E-state index is 13.5. The van der Waals surface area contributed by atoms with Crippen LogP contribution >= 0.6 is 11.8 Å². The predicted molar refractivity (Wildman–Crippen MR) is 139 cm³/mol. The number of amides is 3. The lowest BCUT2D eigenvalue weighted by Crippen LogP contribution is -2.32. The molecule has 5 rings (SSSR count). The Morgan fingerprint density at radius 2 is 1.58 bits per heavy atom. The highest BCUT2D eigenvalue weighted by molar-refractivity contribution is 8.04. The summed E-state index contributed by atoms with van der Waals surface area (Å²) in [5.41, 5.74) is 1.69. The standard InChI is InChI=1S/C28H24FN3O3S/c29-19-13-15-20(16-14-19)30-24-25(28(35)32(27(24)34)22-10-2-1-3-11-22)36-23-12-6-9-21(17-23)31-26(33)18-7-4-5-8-18/h1-3,6,9-18,30H,4-5,7-8H2,(H,31,33). The largest absolute Gasteiger partial charge is 0.350 e. The van der Waals surface area contributed by atoms with Crippen LogP contribution in [0.15, 0.2) is 94.4 Å². The molecule has 2 aliphatic rings. The first kappa shape index (κ1) is 23.8. The van der Waals surface area contributed by atoms with Crippen LogP contribution < -0.4 is 15.5 Å². The molecular weight excluding hydrogens is 477 g/mol. The molecule has 0 bridgehead atoms. The van der Waals surface area contributed by atoms with Gasteiger partial charge in [-0.25, -0.2) is 9.29 Å². The summed E-state index contributed by atoms with van der Waals surface area (Å²) >= 11 is 1.15. The second-order valence-corrected chi connectivity index (χ2v) is 9.80. The van der Waals surface area contributed by atoms with Crippen LogP contribution in [-0.2, 0) is 14.4 Å². The second-order valence-electron chi connectivity index (χ2n) is 8.72. The van der Waals surface area contributed by atoms with E-state index in [1.807, 2.05) is 6.07 Å². The molecule has 3 amide bonds. The van der Waals surface area contributed by atoms with Crippen molar-refractivity contribution in [1.82, 2.24) is 0 Å². The van der Waals surface area contributed by atoms with Gasteiger partial charge in [0.2, 0.25) is 5.91 Å². The number of nitrogens with one attached hydrogen (secondary N) is 2. The van der Waals surface area contributed by atoms with Crippen LogP contribution in [0, 0.1) is 11.7 Å². The lowest BCUT2D eigenvalue weighted by molar-refractivity contribution is -0.121. The van der Waals surface area contributed by atoms with Crippen LogP contribution in [0.25, 0.3) is 0 Å². The van der Waals surface area contributed by atoms with Gasteiger partial charge >= 0.3 is 0 Å². The van der Waals surface area contributed by atoms with Crippen LogP contribution in [-0.4, -0.2) is 17.7 Å². The Bertz CT molecular complexity index is 1340. The summed E-state index contributed by atoms with van der Waals surface area (Å²) in [6.07, 6.45) is 3.94. The van der Waals surface area contributed by atoms with Crippen molar-refractivity contribution in [3.63, 3.8) is 0 Å². The van der Waals surface area contributed by atoms with Gasteiger partial charge < -0.3 is 10.6 Å². The number of hydrogen-bond acceptors (Lipinski definition) is 5. The number of para-hydroxylation sites is 1. The van der Waals surface area contributed by atoms with Crippen LogP contribution in [0.1, 0.15) is 25.7 Å². The van der Waals surface area contributed by atoms with E-state index in [0.29, 0.717) is 22.0 Å². The molecule has 1 saturated carbocycles. The molecule has 2 N–H and O–H groups in total. The number of hydrogen-bond donors (Lipinski definition) is 2. The highest BCUT2D eigenvalue weighted by Gasteiger charge is 2.40. The molecule has 0 radical (unpaired) electrons. The van der Waals surface area contributed by atoms with Gasteiger partial charge in [-0.1, -0.05) is 48.9 Å². The van der Waals surface area contributed by atoms with Gasteiger partial charge in [0.05, 0.1) is 5.69 Å². The molecular formula is C28H24FN3O3S. The molecule has 6 nitrogen and oxygen atoms in total. The van der Waals surface area contributed by atoms with Gasteiger partial charge in [0.15, 0.2) is 0 Å². The van der Waals surface area contributed by atoms with E-state index < -0.39 is 17.6 Å². The molecule has 0 unspecified atom stereocenters. The Hall–Kier alpha value is -3.91. The van der Waals surface area contributed by atoms with E-state index in [0.717, 1.165) is 42.3 Å². The zero-order chi connectivity index (χ0) is 25.1. The average molecular weight is 502 g/mol. The second kappa shape index (κ2) is 10.4. The summed E-state index contributed by atoms with van der Waals surface area (Å²) in [7, 11) is 0. The SMILES string of the molecule is O=C(Nc1cccc(SC2=C(Nc3ccc(F)cc3)C(=O)N(c3ccccc3)C2=O)c1)C1CCCC1. The number of halogens is 1. The van der Waals surface area contributed by atoms with Gasteiger partial charge in [0, 0.05) is 22.2 Å². The molecule has 3 aromatic rings. The maximum Gasteiger partial charge on any atom is 0.283 e. The lowest BCUT2D eigenvalue weighted by Gasteiger charge is -2.15. The van der Waals surface area contributed by atoms with E-state index in [4.69, 9.17) is 0 Å². The van der Waals surface area contributed by atoms with Gasteiger partial charge in [-0.3, -0.25) is 14.4 Å². The third-order valence-corrected chi connectivity index (χ3v) is 7.29. The van der Waals surface area contributed by atoms with Gasteiger partial charge in [0.25, 0.3) is 11.8 Å². The smallest absolute Gasteiger partial charge is 0.283 e. The van der Waals surface area contributed by atoms with E-state index in [9.17, 15) is 18.8 Å². The molecule has 1 aliphatic heterocycles. The number of carbonyl (C=O) groups is 3. The van der Waals surface area contributed by atoms with E-state index in [2.05, 4.69) is 10.6 Å². The lowest BCUT2D eigenvalue weighted by atomic mass is 10.1. The third-order valence-electron chi connectivity index (χ3n) is 6.22. The van der Waals surface area contributed by atoms with Crippen molar-refractivity contribution in [2.24, 2.45) is 5.92 Å². The molecule has 3 aromatic carbocycles. The Balaban J connectivity index is 1.44. The van der Waals surface area contributed by atoms with Gasteiger partial charge in [-0.15, -0.1) is 0 Å². The molecule has 0 atom stereocenters. The first-order valence-electron chi connectivity index (χ1n) is 11.8. The Labute approximate surface area is 212 Å². The van der Waals surface area contributed by atoms with Gasteiger partial charge in [0.1, 0.15) is 16.4 Å². The minimum Gasteiger partial charge on any atom is -0.350 e. The molecule has 1 aliphatic carbocycles. The quantitative estimate of drug-likeness (QED) is 0.392. The Morgan fingerprint density at radius 3 is 2.31 bits per heavy atom. The molecule has 0 spiro atoms. The molecule has 0 saturated heterocycles. The number of carbonyl (C=O) groups excluding carboxylic acids is 3. The van der Waals surface area contributed by atoms with E-state index in [1.165, 1.54) is 24.3 Å². The van der Waals surface area contributed by atoms with Crippen LogP contribution in [0.2, 0.25) is 0 Å². The van der Waals surface area contributed by atoms with Crippen molar-refractivity contribution in [3.05, 3.63) is 95.3 Å². The molecule has 0 aromatic heterocycles. The number of nitrogens with zero attached hydrogens (tertiary/aromatic N) is 1. The van der Waals surface area contributed by atoms with Crippen molar-refractivity contribution < 1.29 is 18.8 Å². The van der Waals surface area contributed by atoms with Crippen LogP contribution in [0.4, 0.5) is 21.5 Å². The minimum atomic E-state index is -0.497. The van der Waals surface area contributed by atoms with E-state index >= 15 is 0 Å². The molecule has 36 heavy (non-hydrogen) atoms. The zero-order valence-corrected chi connectivity index (χ0v) is 20.2. The number of imide groups is 1. The third kappa shape index (κ3) is 5.04. The topological polar surface area (TPSA) is 78.5 Å². The predicted octanol–water partition coefficient (Wildman–Crippen LogP) is 5.94. The van der Waals surface area contributed by atoms with Crippen molar-refractivity contribution in [2.45, 2.75) is 30.6 Å². The summed E-state index contributed by atoms with van der Waals surface area (Å²) in [5, 5.41) is 5.99. The molecule has 8 heteroatoms. The highest BCUT2D eigenvalue weighted by atomic mass is 32.2. The average Bonchev–Trinajstić information content (AvgIpc) is 3.50. The summed E-state index contributed by atoms with van der Waals surface area (Å²) in [4.78, 5) is 41.5. The number of rotatable bonds is 7. The zero-order valence-electron chi connectivity index (χ0n) is 19.4. The Kier molecular flexibility index (Phi) is 6.86. The van der Waals surface area contributed by atoms with E-state index in [1.54, 1.807) is 48.5 Å². The molecule has 1 heterocycles. The monoisotopic (exact) mass is 501 g/mol. The van der Waals surface area contributed by atoms with Gasteiger partial charge in [-0.05, 0) is 67.4 Å². The fraction of sp³-hybridized carbons (Fsp3) is 0.179. The van der Waals surface area contributed by atoms with Crippen molar-refractivity contribution >= 4 is 46.5 Å². The first-order chi connectivity index (χ1) is 17.5. The van der Waals surface area contributed by atoms with Crippen molar-refractivity contribution in [1.29, 1.82) is 0 Å². The summed E-state index contributed by atoms with van der Waals surface area (Å²) in [5.74, 6) is -1.32. The summed E-state index contributed by atoms with van der Waals surface area (Å²) in [6.45, 7) is 0. The van der Waals surface area contributed by atoms with Gasteiger partial charge in [-0.2, -0.15) is 0 Å². The maximum atomic E-state index is 13.5. The summed E-state index contributed by atoms with van der Waals surface area (Å²) in [6, 6.07) is 21.5.